The highest BCUT2D eigenvalue weighted by molar-refractivity contribution is 5.42. The predicted molar refractivity (Wildman–Crippen MR) is 98.9 cm³/mol. The maximum absolute atomic E-state index is 12.2. The molecule has 0 saturated carbocycles. The first-order chi connectivity index (χ1) is 11.8. The second kappa shape index (κ2) is 6.94. The number of hydrogen-bond acceptors (Lipinski definition) is 5. The second-order valence-electron chi connectivity index (χ2n) is 7.88. The monoisotopic (exact) mass is 341 g/mol. The summed E-state index contributed by atoms with van der Waals surface area (Å²) in [5, 5.41) is 4.60. The smallest absolute Gasteiger partial charge is 0.266 e. The third-order valence-corrected chi connectivity index (χ3v) is 4.84. The van der Waals surface area contributed by atoms with Gasteiger partial charge in [0, 0.05) is 43.5 Å². The topological polar surface area (TPSA) is 63.9 Å². The van der Waals surface area contributed by atoms with Crippen LogP contribution in [-0.4, -0.2) is 32.8 Å². The molecule has 2 aromatic heterocycles. The Hall–Kier alpha value is -2.24. The van der Waals surface area contributed by atoms with E-state index >= 15 is 0 Å². The molecule has 3 rings (SSSR count). The molecule has 25 heavy (non-hydrogen) atoms. The SMILES string of the molecule is Cc1nccnc1N1CCC(Cn2nc(C(C)(C)C)ccc2=O)CC1. The van der Waals surface area contributed by atoms with E-state index < -0.39 is 0 Å². The van der Waals surface area contributed by atoms with E-state index in [9.17, 15) is 4.79 Å². The zero-order valence-electron chi connectivity index (χ0n) is 15.6. The summed E-state index contributed by atoms with van der Waals surface area (Å²) in [4.78, 5) is 23.3. The molecule has 6 nitrogen and oxygen atoms in total. The van der Waals surface area contributed by atoms with Gasteiger partial charge in [0.15, 0.2) is 0 Å². The van der Waals surface area contributed by atoms with Crippen molar-refractivity contribution < 1.29 is 0 Å². The Morgan fingerprint density at radius 2 is 1.80 bits per heavy atom. The first-order valence-electron chi connectivity index (χ1n) is 8.96. The lowest BCUT2D eigenvalue weighted by molar-refractivity contribution is 0.329. The third-order valence-electron chi connectivity index (χ3n) is 4.84. The number of nitrogens with zero attached hydrogens (tertiary/aromatic N) is 5. The zero-order chi connectivity index (χ0) is 18.0. The van der Waals surface area contributed by atoms with Crippen LogP contribution in [0.5, 0.6) is 0 Å². The minimum Gasteiger partial charge on any atom is -0.355 e. The number of aromatic nitrogens is 4. The number of anilines is 1. The van der Waals surface area contributed by atoms with Gasteiger partial charge >= 0.3 is 0 Å². The van der Waals surface area contributed by atoms with Crippen LogP contribution in [0.2, 0.25) is 0 Å². The largest absolute Gasteiger partial charge is 0.355 e. The second-order valence-corrected chi connectivity index (χ2v) is 7.88. The Balaban J connectivity index is 1.67. The molecule has 0 radical (unpaired) electrons. The Labute approximate surface area is 148 Å². The van der Waals surface area contributed by atoms with Crippen LogP contribution < -0.4 is 10.5 Å². The summed E-state index contributed by atoms with van der Waals surface area (Å²) in [6.07, 6.45) is 5.54. The van der Waals surface area contributed by atoms with Gasteiger partial charge < -0.3 is 4.90 Å². The molecule has 0 unspecified atom stereocenters. The van der Waals surface area contributed by atoms with Crippen LogP contribution in [0.3, 0.4) is 0 Å². The average molecular weight is 341 g/mol. The molecule has 2 aromatic rings. The van der Waals surface area contributed by atoms with E-state index in [-0.39, 0.29) is 11.0 Å². The van der Waals surface area contributed by atoms with Gasteiger partial charge in [0.1, 0.15) is 5.82 Å². The van der Waals surface area contributed by atoms with Crippen LogP contribution in [0.15, 0.2) is 29.3 Å². The van der Waals surface area contributed by atoms with Crippen molar-refractivity contribution in [1.29, 1.82) is 0 Å². The lowest BCUT2D eigenvalue weighted by atomic mass is 9.92. The van der Waals surface area contributed by atoms with E-state index in [4.69, 9.17) is 0 Å². The molecule has 3 heterocycles. The Morgan fingerprint density at radius 3 is 2.44 bits per heavy atom. The van der Waals surface area contributed by atoms with Gasteiger partial charge in [0.2, 0.25) is 0 Å². The summed E-state index contributed by atoms with van der Waals surface area (Å²) in [5.74, 6) is 1.44. The minimum absolute atomic E-state index is 0.0137. The van der Waals surface area contributed by atoms with Crippen molar-refractivity contribution in [2.24, 2.45) is 5.92 Å². The number of rotatable bonds is 3. The normalized spacial score (nSPS) is 16.2. The van der Waals surface area contributed by atoms with Gasteiger partial charge in [-0.25, -0.2) is 9.67 Å². The Bertz CT molecular complexity index is 785. The van der Waals surface area contributed by atoms with Gasteiger partial charge in [-0.05, 0) is 31.7 Å². The predicted octanol–water partition coefficient (Wildman–Crippen LogP) is 2.56. The molecule has 1 aliphatic heterocycles. The minimum atomic E-state index is -0.0533. The summed E-state index contributed by atoms with van der Waals surface area (Å²) in [6, 6.07) is 3.49. The van der Waals surface area contributed by atoms with Crippen LogP contribution >= 0.6 is 0 Å². The van der Waals surface area contributed by atoms with E-state index in [1.807, 2.05) is 13.0 Å². The van der Waals surface area contributed by atoms with Crippen LogP contribution in [0.4, 0.5) is 5.82 Å². The molecule has 0 spiro atoms. The Kier molecular flexibility index (Phi) is 4.88. The van der Waals surface area contributed by atoms with E-state index in [1.165, 1.54) is 0 Å². The van der Waals surface area contributed by atoms with Crippen molar-refractivity contribution in [1.82, 2.24) is 19.7 Å². The van der Waals surface area contributed by atoms with Gasteiger partial charge in [-0.1, -0.05) is 20.8 Å². The maximum Gasteiger partial charge on any atom is 0.266 e. The van der Waals surface area contributed by atoms with Crippen molar-refractivity contribution in [3.8, 4) is 0 Å². The Morgan fingerprint density at radius 1 is 1.12 bits per heavy atom. The van der Waals surface area contributed by atoms with Gasteiger partial charge in [-0.15, -0.1) is 0 Å². The molecular formula is C19H27N5O. The summed E-state index contributed by atoms with van der Waals surface area (Å²) >= 11 is 0. The van der Waals surface area contributed by atoms with E-state index in [0.29, 0.717) is 12.5 Å². The van der Waals surface area contributed by atoms with Crippen LogP contribution in [0.25, 0.3) is 0 Å². The van der Waals surface area contributed by atoms with Gasteiger partial charge in [-0.3, -0.25) is 9.78 Å². The molecule has 0 N–H and O–H groups in total. The van der Waals surface area contributed by atoms with E-state index in [1.54, 1.807) is 23.1 Å². The summed E-state index contributed by atoms with van der Waals surface area (Å²) in [7, 11) is 0. The zero-order valence-corrected chi connectivity index (χ0v) is 15.6. The lowest BCUT2D eigenvalue weighted by Gasteiger charge is -2.33. The summed E-state index contributed by atoms with van der Waals surface area (Å²) < 4.78 is 1.65. The average Bonchev–Trinajstić information content (AvgIpc) is 2.57. The fourth-order valence-corrected chi connectivity index (χ4v) is 3.26. The highest BCUT2D eigenvalue weighted by Gasteiger charge is 2.23. The number of hydrogen-bond donors (Lipinski definition) is 0. The molecule has 0 bridgehead atoms. The molecular weight excluding hydrogens is 314 g/mol. The molecule has 0 aliphatic carbocycles. The number of piperidine rings is 1. The van der Waals surface area contributed by atoms with Crippen molar-refractivity contribution in [3.63, 3.8) is 0 Å². The fourth-order valence-electron chi connectivity index (χ4n) is 3.26. The van der Waals surface area contributed by atoms with Gasteiger partial charge in [0.05, 0.1) is 11.4 Å². The first kappa shape index (κ1) is 17.6. The molecule has 0 aromatic carbocycles. The van der Waals surface area contributed by atoms with Crippen LogP contribution in [0.1, 0.15) is 45.0 Å². The molecule has 1 aliphatic rings. The fraction of sp³-hybridized carbons (Fsp3) is 0.579. The molecule has 1 fully saturated rings. The molecule has 0 amide bonds. The van der Waals surface area contributed by atoms with E-state index in [2.05, 4.69) is 40.7 Å². The van der Waals surface area contributed by atoms with Gasteiger partial charge in [0.25, 0.3) is 5.56 Å². The van der Waals surface area contributed by atoms with E-state index in [0.717, 1.165) is 43.1 Å². The summed E-state index contributed by atoms with van der Waals surface area (Å²) in [6.45, 7) is 10.9. The van der Waals surface area contributed by atoms with Crippen molar-refractivity contribution >= 4 is 5.82 Å². The molecule has 134 valence electrons. The molecule has 1 saturated heterocycles. The highest BCUT2D eigenvalue weighted by Crippen LogP contribution is 2.24. The van der Waals surface area contributed by atoms with Crippen molar-refractivity contribution in [2.75, 3.05) is 18.0 Å². The van der Waals surface area contributed by atoms with Crippen molar-refractivity contribution in [2.45, 2.75) is 52.5 Å². The molecule has 0 atom stereocenters. The quantitative estimate of drug-likeness (QED) is 0.858. The number of aryl methyl sites for hydroxylation is 1. The van der Waals surface area contributed by atoms with Crippen LogP contribution in [-0.2, 0) is 12.0 Å². The lowest BCUT2D eigenvalue weighted by Crippen LogP contribution is -2.38. The third kappa shape index (κ3) is 4.06. The standard InChI is InChI=1S/C19H27N5O/c1-14-18(21-10-9-20-14)23-11-7-15(8-12-23)13-24-17(25)6-5-16(22-24)19(2,3)4/h5-6,9-10,15H,7-8,11-13H2,1-4H3. The van der Waals surface area contributed by atoms with Crippen LogP contribution in [0, 0.1) is 12.8 Å². The maximum atomic E-state index is 12.2. The van der Waals surface area contributed by atoms with Crippen molar-refractivity contribution in [3.05, 3.63) is 46.3 Å². The molecule has 6 heteroatoms. The summed E-state index contributed by atoms with van der Waals surface area (Å²) in [5.41, 5.74) is 1.86. The van der Waals surface area contributed by atoms with Gasteiger partial charge in [-0.2, -0.15) is 5.10 Å². The first-order valence-corrected chi connectivity index (χ1v) is 8.96. The highest BCUT2D eigenvalue weighted by atomic mass is 16.1.